The number of piperazine rings is 1. The van der Waals surface area contributed by atoms with E-state index in [0.717, 1.165) is 0 Å². The van der Waals surface area contributed by atoms with Crippen LogP contribution in [0.3, 0.4) is 0 Å². The molecule has 1 aliphatic heterocycles. The zero-order chi connectivity index (χ0) is 16.3. The maximum absolute atomic E-state index is 12.4. The number of rotatable bonds is 5. The molecule has 0 aromatic carbocycles. The van der Waals surface area contributed by atoms with Crippen molar-refractivity contribution in [3.8, 4) is 0 Å². The predicted molar refractivity (Wildman–Crippen MR) is 88.6 cm³/mol. The van der Waals surface area contributed by atoms with Gasteiger partial charge in [-0.3, -0.25) is 4.79 Å². The molecule has 22 heavy (non-hydrogen) atoms. The van der Waals surface area contributed by atoms with Gasteiger partial charge in [-0.1, -0.05) is 25.4 Å². The third-order valence-electron chi connectivity index (χ3n) is 3.67. The number of carbonyl (C=O) groups excluding carboxylic acids is 1. The molecule has 9 heteroatoms. The molecule has 0 atom stereocenters. The Morgan fingerprint density at radius 1 is 1.23 bits per heavy atom. The van der Waals surface area contributed by atoms with Crippen LogP contribution in [0.25, 0.3) is 0 Å². The summed E-state index contributed by atoms with van der Waals surface area (Å²) in [6.07, 6.45) is 0. The van der Waals surface area contributed by atoms with Gasteiger partial charge in [0.1, 0.15) is 0 Å². The van der Waals surface area contributed by atoms with Crippen LogP contribution in [0.15, 0.2) is 12.1 Å². The average molecular weight is 366 g/mol. The minimum Gasteiger partial charge on any atom is -0.335 e. The van der Waals surface area contributed by atoms with Gasteiger partial charge in [0.15, 0.2) is 0 Å². The molecule has 1 saturated heterocycles. The number of nitrogens with zero attached hydrogens (tertiary/aromatic N) is 3. The molecule has 1 aromatic rings. The first-order valence-electron chi connectivity index (χ1n) is 7.20. The largest absolute Gasteiger partial charge is 0.335 e. The summed E-state index contributed by atoms with van der Waals surface area (Å²) in [5.41, 5.74) is 0. The van der Waals surface area contributed by atoms with Gasteiger partial charge in [0.25, 0.3) is 16.1 Å². The summed E-state index contributed by atoms with van der Waals surface area (Å²) >= 11 is 7.09. The second-order valence-electron chi connectivity index (χ2n) is 4.89. The van der Waals surface area contributed by atoms with Gasteiger partial charge < -0.3 is 4.90 Å². The van der Waals surface area contributed by atoms with Crippen molar-refractivity contribution >= 4 is 39.1 Å². The summed E-state index contributed by atoms with van der Waals surface area (Å²) in [5.74, 6) is -0.0863. The number of amides is 1. The standard InChI is InChI=1S/C13H20ClN3O3S2/c1-3-16(4-2)22(19,20)17-9-7-15(8-10-17)13(18)11-5-6-12(14)21-11/h5-6H,3-4,7-10H2,1-2H3. The molecule has 1 aliphatic rings. The minimum absolute atomic E-state index is 0.0863. The zero-order valence-corrected chi connectivity index (χ0v) is 15.0. The Bertz CT molecular complexity index is 620. The average Bonchev–Trinajstić information content (AvgIpc) is 2.94. The van der Waals surface area contributed by atoms with Crippen LogP contribution in [0.1, 0.15) is 23.5 Å². The fourth-order valence-corrected chi connectivity index (χ4v) is 5.04. The number of carbonyl (C=O) groups is 1. The number of thiophene rings is 1. The van der Waals surface area contributed by atoms with Crippen LogP contribution in [0.5, 0.6) is 0 Å². The van der Waals surface area contributed by atoms with Gasteiger partial charge in [-0.05, 0) is 12.1 Å². The topological polar surface area (TPSA) is 60.9 Å². The first-order chi connectivity index (χ1) is 10.4. The Kier molecular flexibility index (Phi) is 5.84. The molecule has 0 spiro atoms. The summed E-state index contributed by atoms with van der Waals surface area (Å²) in [6, 6.07) is 3.40. The highest BCUT2D eigenvalue weighted by atomic mass is 35.5. The zero-order valence-electron chi connectivity index (χ0n) is 12.7. The summed E-state index contributed by atoms with van der Waals surface area (Å²) in [4.78, 5) is 14.6. The Labute approximate surface area is 140 Å². The molecule has 0 N–H and O–H groups in total. The van der Waals surface area contributed by atoms with Crippen LogP contribution in [-0.4, -0.2) is 67.1 Å². The van der Waals surface area contributed by atoms with Crippen LogP contribution in [0.2, 0.25) is 4.34 Å². The molecule has 2 rings (SSSR count). The Hall–Kier alpha value is -0.670. The fraction of sp³-hybridized carbons (Fsp3) is 0.615. The molecule has 124 valence electrons. The highest BCUT2D eigenvalue weighted by molar-refractivity contribution is 7.86. The van der Waals surface area contributed by atoms with E-state index in [1.165, 1.54) is 19.9 Å². The number of halogens is 1. The summed E-state index contributed by atoms with van der Waals surface area (Å²) in [5, 5.41) is 0. The van der Waals surface area contributed by atoms with E-state index in [9.17, 15) is 13.2 Å². The van der Waals surface area contributed by atoms with Crippen molar-refractivity contribution in [2.24, 2.45) is 0 Å². The predicted octanol–water partition coefficient (Wildman–Crippen LogP) is 1.75. The van der Waals surface area contributed by atoms with Crippen LogP contribution in [0.4, 0.5) is 0 Å². The van der Waals surface area contributed by atoms with Crippen molar-refractivity contribution in [3.05, 3.63) is 21.3 Å². The molecule has 1 fully saturated rings. The van der Waals surface area contributed by atoms with Crippen LogP contribution < -0.4 is 0 Å². The van der Waals surface area contributed by atoms with Crippen molar-refractivity contribution in [2.75, 3.05) is 39.3 Å². The van der Waals surface area contributed by atoms with E-state index in [1.807, 2.05) is 13.8 Å². The lowest BCUT2D eigenvalue weighted by Crippen LogP contribution is -2.54. The molecule has 1 aromatic heterocycles. The minimum atomic E-state index is -3.42. The maximum Gasteiger partial charge on any atom is 0.282 e. The summed E-state index contributed by atoms with van der Waals surface area (Å²) in [6.45, 7) is 5.98. The van der Waals surface area contributed by atoms with E-state index in [1.54, 1.807) is 17.0 Å². The Morgan fingerprint density at radius 3 is 2.27 bits per heavy atom. The smallest absolute Gasteiger partial charge is 0.282 e. The van der Waals surface area contributed by atoms with Gasteiger partial charge in [-0.15, -0.1) is 11.3 Å². The highest BCUT2D eigenvalue weighted by Gasteiger charge is 2.32. The molecule has 0 unspecified atom stereocenters. The van der Waals surface area contributed by atoms with Crippen LogP contribution in [-0.2, 0) is 10.2 Å². The molecule has 0 bridgehead atoms. The number of hydrogen-bond donors (Lipinski definition) is 0. The van der Waals surface area contributed by atoms with Crippen LogP contribution in [0, 0.1) is 0 Å². The number of hydrogen-bond acceptors (Lipinski definition) is 4. The van der Waals surface area contributed by atoms with Crippen molar-refractivity contribution < 1.29 is 13.2 Å². The van der Waals surface area contributed by atoms with Crippen LogP contribution >= 0.6 is 22.9 Å². The van der Waals surface area contributed by atoms with E-state index in [0.29, 0.717) is 48.5 Å². The van der Waals surface area contributed by atoms with E-state index >= 15 is 0 Å². The molecule has 1 amide bonds. The van der Waals surface area contributed by atoms with Crippen molar-refractivity contribution in [1.29, 1.82) is 0 Å². The monoisotopic (exact) mass is 365 g/mol. The quantitative estimate of drug-likeness (QED) is 0.798. The van der Waals surface area contributed by atoms with Gasteiger partial charge in [0.05, 0.1) is 9.21 Å². The first kappa shape index (κ1) is 17.7. The van der Waals surface area contributed by atoms with Gasteiger partial charge >= 0.3 is 0 Å². The molecular formula is C13H20ClN3O3S2. The van der Waals surface area contributed by atoms with Gasteiger partial charge in [0.2, 0.25) is 0 Å². The maximum atomic E-state index is 12.4. The Morgan fingerprint density at radius 2 is 1.82 bits per heavy atom. The summed E-state index contributed by atoms with van der Waals surface area (Å²) in [7, 11) is -3.42. The van der Waals surface area contributed by atoms with Gasteiger partial charge in [0, 0.05) is 39.3 Å². The van der Waals surface area contributed by atoms with E-state index in [2.05, 4.69) is 0 Å². The van der Waals surface area contributed by atoms with Crippen molar-refractivity contribution in [3.63, 3.8) is 0 Å². The molecule has 2 heterocycles. The van der Waals surface area contributed by atoms with Gasteiger partial charge in [-0.25, -0.2) is 0 Å². The lowest BCUT2D eigenvalue weighted by Gasteiger charge is -2.36. The Balaban J connectivity index is 2.00. The fourth-order valence-electron chi connectivity index (χ4n) is 2.42. The molecule has 6 nitrogen and oxygen atoms in total. The molecule has 0 saturated carbocycles. The molecule has 0 radical (unpaired) electrons. The lowest BCUT2D eigenvalue weighted by atomic mass is 10.3. The van der Waals surface area contributed by atoms with Crippen molar-refractivity contribution in [2.45, 2.75) is 13.8 Å². The second kappa shape index (κ2) is 7.27. The third kappa shape index (κ3) is 3.62. The second-order valence-corrected chi connectivity index (χ2v) is 8.53. The van der Waals surface area contributed by atoms with Gasteiger partial charge in [-0.2, -0.15) is 17.0 Å². The normalized spacial score (nSPS) is 17.2. The SMILES string of the molecule is CCN(CC)S(=O)(=O)N1CCN(C(=O)c2ccc(Cl)s2)CC1. The summed E-state index contributed by atoms with van der Waals surface area (Å²) < 4.78 is 28.3. The van der Waals surface area contributed by atoms with E-state index in [4.69, 9.17) is 11.6 Å². The van der Waals surface area contributed by atoms with E-state index in [-0.39, 0.29) is 5.91 Å². The highest BCUT2D eigenvalue weighted by Crippen LogP contribution is 2.23. The molecule has 0 aliphatic carbocycles. The first-order valence-corrected chi connectivity index (χ1v) is 9.79. The third-order valence-corrected chi connectivity index (χ3v) is 7.07. The molecular weight excluding hydrogens is 346 g/mol. The van der Waals surface area contributed by atoms with Crippen molar-refractivity contribution in [1.82, 2.24) is 13.5 Å². The van der Waals surface area contributed by atoms with E-state index < -0.39 is 10.2 Å². The lowest BCUT2D eigenvalue weighted by molar-refractivity contribution is 0.0699.